The summed E-state index contributed by atoms with van der Waals surface area (Å²) in [5, 5.41) is 5.55. The molecule has 0 N–H and O–H groups in total. The Hall–Kier alpha value is -1.05. The molecule has 0 heterocycles. The molecule has 0 aliphatic heterocycles. The van der Waals surface area contributed by atoms with Gasteiger partial charge in [-0.2, -0.15) is 5.10 Å². The minimum absolute atomic E-state index is 1.12. The highest BCUT2D eigenvalue weighted by Crippen LogP contribution is 2.11. The van der Waals surface area contributed by atoms with Crippen molar-refractivity contribution in [2.75, 3.05) is 7.05 Å². The van der Waals surface area contributed by atoms with Crippen molar-refractivity contribution in [2.24, 2.45) is 5.10 Å². The molecule has 0 aromatic rings. The smallest absolute Gasteiger partial charge is 0.0547 e. The van der Waals surface area contributed by atoms with E-state index in [9.17, 15) is 0 Å². The third-order valence-corrected chi connectivity index (χ3v) is 1.56. The second-order valence-electron chi connectivity index (χ2n) is 2.27. The van der Waals surface area contributed by atoms with E-state index in [-0.39, 0.29) is 0 Å². The van der Waals surface area contributed by atoms with Crippen LogP contribution in [0.4, 0.5) is 0 Å². The standard InChI is InChI=1S/C8H12N2/c1-9-10(2)8-6-4-3-5-7-8/h4,6-7H,1,3,5H2,2H3. The van der Waals surface area contributed by atoms with Crippen LogP contribution < -0.4 is 0 Å². The first-order valence-electron chi connectivity index (χ1n) is 3.41. The maximum atomic E-state index is 3.78. The molecule has 10 heavy (non-hydrogen) atoms. The van der Waals surface area contributed by atoms with E-state index in [1.54, 1.807) is 5.01 Å². The third-order valence-electron chi connectivity index (χ3n) is 1.56. The van der Waals surface area contributed by atoms with E-state index in [1.165, 1.54) is 0 Å². The third kappa shape index (κ3) is 1.47. The Morgan fingerprint density at radius 2 is 2.40 bits per heavy atom. The fraction of sp³-hybridized carbons (Fsp3) is 0.375. The minimum Gasteiger partial charge on any atom is -0.270 e. The number of nitrogens with zero attached hydrogens (tertiary/aromatic N) is 2. The van der Waals surface area contributed by atoms with Crippen molar-refractivity contribution in [1.29, 1.82) is 0 Å². The summed E-state index contributed by atoms with van der Waals surface area (Å²) in [7, 11) is 1.90. The summed E-state index contributed by atoms with van der Waals surface area (Å²) in [6.45, 7) is 3.44. The Morgan fingerprint density at radius 1 is 1.60 bits per heavy atom. The molecule has 2 nitrogen and oxygen atoms in total. The molecule has 0 aromatic heterocycles. The van der Waals surface area contributed by atoms with Gasteiger partial charge in [0, 0.05) is 13.8 Å². The van der Waals surface area contributed by atoms with Crippen LogP contribution in [0, 0.1) is 0 Å². The molecule has 1 aliphatic rings. The number of hydrogen-bond donors (Lipinski definition) is 0. The van der Waals surface area contributed by atoms with Gasteiger partial charge in [-0.15, -0.1) is 0 Å². The van der Waals surface area contributed by atoms with Crippen molar-refractivity contribution < 1.29 is 0 Å². The van der Waals surface area contributed by atoms with Crippen LogP contribution in [0.3, 0.4) is 0 Å². The molecule has 0 amide bonds. The van der Waals surface area contributed by atoms with Gasteiger partial charge in [-0.25, -0.2) is 0 Å². The van der Waals surface area contributed by atoms with Crippen LogP contribution in [-0.2, 0) is 0 Å². The van der Waals surface area contributed by atoms with Gasteiger partial charge in [0.05, 0.1) is 5.70 Å². The highest BCUT2D eigenvalue weighted by atomic mass is 15.4. The van der Waals surface area contributed by atoms with E-state index in [0.717, 1.165) is 18.5 Å². The summed E-state index contributed by atoms with van der Waals surface area (Å²) >= 11 is 0. The Morgan fingerprint density at radius 3 is 2.90 bits per heavy atom. The first kappa shape index (κ1) is 7.06. The molecule has 0 aromatic carbocycles. The quantitative estimate of drug-likeness (QED) is 0.417. The zero-order valence-corrected chi connectivity index (χ0v) is 6.25. The average molecular weight is 136 g/mol. The molecule has 0 atom stereocenters. The van der Waals surface area contributed by atoms with Gasteiger partial charge in [0.25, 0.3) is 0 Å². The zero-order chi connectivity index (χ0) is 7.40. The predicted octanol–water partition coefficient (Wildman–Crippen LogP) is 1.77. The van der Waals surface area contributed by atoms with Gasteiger partial charge in [-0.1, -0.05) is 12.2 Å². The van der Waals surface area contributed by atoms with Gasteiger partial charge in [0.1, 0.15) is 0 Å². The molecule has 54 valence electrons. The van der Waals surface area contributed by atoms with Crippen molar-refractivity contribution in [2.45, 2.75) is 12.8 Å². The number of hydrogen-bond acceptors (Lipinski definition) is 2. The van der Waals surface area contributed by atoms with Crippen molar-refractivity contribution >= 4 is 6.72 Å². The molecule has 0 saturated carbocycles. The average Bonchev–Trinajstić information content (AvgIpc) is 2.05. The van der Waals surface area contributed by atoms with Gasteiger partial charge < -0.3 is 0 Å². The van der Waals surface area contributed by atoms with E-state index in [2.05, 4.69) is 30.0 Å². The Balaban J connectivity index is 2.62. The predicted molar refractivity (Wildman–Crippen MR) is 43.8 cm³/mol. The van der Waals surface area contributed by atoms with Crippen molar-refractivity contribution in [3.63, 3.8) is 0 Å². The van der Waals surface area contributed by atoms with E-state index < -0.39 is 0 Å². The molecule has 0 radical (unpaired) electrons. The van der Waals surface area contributed by atoms with Gasteiger partial charge in [0.15, 0.2) is 0 Å². The molecule has 0 bridgehead atoms. The van der Waals surface area contributed by atoms with Crippen LogP contribution in [0.15, 0.2) is 29.0 Å². The zero-order valence-electron chi connectivity index (χ0n) is 6.25. The topological polar surface area (TPSA) is 15.6 Å². The summed E-state index contributed by atoms with van der Waals surface area (Å²) in [5.74, 6) is 0. The Bertz CT molecular complexity index is 180. The van der Waals surface area contributed by atoms with Gasteiger partial charge >= 0.3 is 0 Å². The van der Waals surface area contributed by atoms with E-state index >= 15 is 0 Å². The second-order valence-corrected chi connectivity index (χ2v) is 2.27. The molecule has 0 saturated heterocycles. The monoisotopic (exact) mass is 136 g/mol. The molecule has 1 rings (SSSR count). The van der Waals surface area contributed by atoms with Crippen molar-refractivity contribution in [3.8, 4) is 0 Å². The van der Waals surface area contributed by atoms with Crippen molar-refractivity contribution in [3.05, 3.63) is 23.9 Å². The first-order chi connectivity index (χ1) is 4.84. The summed E-state index contributed by atoms with van der Waals surface area (Å²) in [6, 6.07) is 0. The molecule has 2 heteroatoms. The van der Waals surface area contributed by atoms with Gasteiger partial charge in [-0.3, -0.25) is 5.01 Å². The lowest BCUT2D eigenvalue weighted by molar-refractivity contribution is 0.461. The van der Waals surface area contributed by atoms with Gasteiger partial charge in [-0.05, 0) is 18.9 Å². The summed E-state index contributed by atoms with van der Waals surface area (Å²) in [5.41, 5.74) is 1.14. The fourth-order valence-electron chi connectivity index (χ4n) is 0.921. The fourth-order valence-corrected chi connectivity index (χ4v) is 0.921. The largest absolute Gasteiger partial charge is 0.270 e. The minimum atomic E-state index is 1.12. The van der Waals surface area contributed by atoms with Crippen LogP contribution >= 0.6 is 0 Å². The summed E-state index contributed by atoms with van der Waals surface area (Å²) in [6.07, 6.45) is 8.64. The van der Waals surface area contributed by atoms with E-state index in [1.807, 2.05) is 7.05 Å². The normalized spacial score (nSPS) is 16.3. The van der Waals surface area contributed by atoms with Crippen molar-refractivity contribution in [1.82, 2.24) is 5.01 Å². The van der Waals surface area contributed by atoms with Crippen LogP contribution in [0.5, 0.6) is 0 Å². The molecule has 0 fully saturated rings. The number of likely N-dealkylation sites (N-methyl/N-ethyl adjacent to an activating group) is 1. The lowest BCUT2D eigenvalue weighted by Crippen LogP contribution is -2.08. The molecule has 1 aliphatic carbocycles. The second kappa shape index (κ2) is 3.20. The van der Waals surface area contributed by atoms with Crippen LogP contribution in [-0.4, -0.2) is 18.8 Å². The van der Waals surface area contributed by atoms with Crippen LogP contribution in [0.2, 0.25) is 0 Å². The number of rotatable bonds is 2. The molecule has 0 spiro atoms. The van der Waals surface area contributed by atoms with Crippen LogP contribution in [0.25, 0.3) is 0 Å². The van der Waals surface area contributed by atoms with E-state index in [0.29, 0.717) is 0 Å². The van der Waals surface area contributed by atoms with Gasteiger partial charge in [0.2, 0.25) is 0 Å². The molecular formula is C8H12N2. The summed E-state index contributed by atoms with van der Waals surface area (Å²) in [4.78, 5) is 0. The lowest BCUT2D eigenvalue weighted by Gasteiger charge is -2.14. The SMILES string of the molecule is C=NN(C)C1=CCCC=C1. The van der Waals surface area contributed by atoms with E-state index in [4.69, 9.17) is 0 Å². The highest BCUT2D eigenvalue weighted by molar-refractivity contribution is 5.26. The number of hydrazone groups is 1. The first-order valence-corrected chi connectivity index (χ1v) is 3.41. The van der Waals surface area contributed by atoms with Crippen LogP contribution in [0.1, 0.15) is 12.8 Å². The maximum Gasteiger partial charge on any atom is 0.0547 e. The Labute approximate surface area is 61.5 Å². The highest BCUT2D eigenvalue weighted by Gasteiger charge is 1.99. The number of allylic oxidation sites excluding steroid dienone is 3. The lowest BCUT2D eigenvalue weighted by atomic mass is 10.1. The molecule has 0 unspecified atom stereocenters. The molecular weight excluding hydrogens is 124 g/mol. The maximum absolute atomic E-state index is 3.78. The summed E-state index contributed by atoms with van der Waals surface area (Å²) < 4.78 is 0. The Kier molecular flexibility index (Phi) is 2.26.